The number of hydrogen-bond donors (Lipinski definition) is 3. The summed E-state index contributed by atoms with van der Waals surface area (Å²) in [6.45, 7) is 4.35. The lowest BCUT2D eigenvalue weighted by molar-refractivity contribution is 0.268. The van der Waals surface area contributed by atoms with E-state index in [1.807, 2.05) is 48.2 Å². The van der Waals surface area contributed by atoms with Crippen molar-refractivity contribution < 1.29 is 5.11 Å². The van der Waals surface area contributed by atoms with E-state index in [1.165, 1.54) is 4.90 Å². The van der Waals surface area contributed by atoms with Gasteiger partial charge in [0, 0.05) is 29.7 Å². The number of hydrogen-bond acceptors (Lipinski definition) is 3. The fraction of sp³-hybridized carbons (Fsp3) is 0.350. The molecule has 3 N–H and O–H groups in total. The van der Waals surface area contributed by atoms with Crippen molar-refractivity contribution in [1.29, 1.82) is 0 Å². The van der Waals surface area contributed by atoms with Gasteiger partial charge in [0.25, 0.3) is 0 Å². The third-order valence-corrected chi connectivity index (χ3v) is 4.73. The Hall–Kier alpha value is -1.98. The highest BCUT2D eigenvalue weighted by molar-refractivity contribution is 7.99. The molecule has 0 aromatic heterocycles. The van der Waals surface area contributed by atoms with Crippen LogP contribution in [-0.2, 0) is 0 Å². The maximum Gasteiger partial charge on any atom is 0.191 e. The lowest BCUT2D eigenvalue weighted by Gasteiger charge is -2.15. The van der Waals surface area contributed by atoms with Crippen molar-refractivity contribution in [1.82, 2.24) is 10.6 Å². The van der Waals surface area contributed by atoms with E-state index in [9.17, 15) is 5.11 Å². The van der Waals surface area contributed by atoms with E-state index in [2.05, 4.69) is 46.8 Å². The van der Waals surface area contributed by atoms with Gasteiger partial charge in [0.15, 0.2) is 5.96 Å². The first-order chi connectivity index (χ1) is 12.3. The zero-order valence-corrected chi connectivity index (χ0v) is 15.5. The first kappa shape index (κ1) is 19.3. The molecule has 0 saturated carbocycles. The SMILES string of the molecule is CCNC(=NCC(CO)c1ccccc1)NCCSc1ccccc1. The maximum atomic E-state index is 9.65. The third-order valence-electron chi connectivity index (χ3n) is 3.71. The number of rotatable bonds is 9. The molecule has 0 aliphatic heterocycles. The van der Waals surface area contributed by atoms with Gasteiger partial charge in [-0.05, 0) is 24.6 Å². The van der Waals surface area contributed by atoms with Gasteiger partial charge in [-0.25, -0.2) is 0 Å². The predicted octanol–water partition coefficient (Wildman–Crippen LogP) is 3.11. The van der Waals surface area contributed by atoms with Crippen LogP contribution in [0.1, 0.15) is 18.4 Å². The summed E-state index contributed by atoms with van der Waals surface area (Å²) < 4.78 is 0. The molecule has 5 heteroatoms. The molecule has 25 heavy (non-hydrogen) atoms. The Labute approximate surface area is 154 Å². The van der Waals surface area contributed by atoms with Crippen LogP contribution in [0.4, 0.5) is 0 Å². The van der Waals surface area contributed by atoms with E-state index in [-0.39, 0.29) is 12.5 Å². The van der Waals surface area contributed by atoms with Crippen LogP contribution in [0, 0.1) is 0 Å². The minimum atomic E-state index is 0.0235. The van der Waals surface area contributed by atoms with E-state index in [1.54, 1.807) is 0 Å². The quantitative estimate of drug-likeness (QED) is 0.279. The van der Waals surface area contributed by atoms with E-state index in [4.69, 9.17) is 0 Å². The van der Waals surface area contributed by atoms with Crippen LogP contribution < -0.4 is 10.6 Å². The number of nitrogens with zero attached hydrogens (tertiary/aromatic N) is 1. The molecule has 2 aromatic carbocycles. The summed E-state index contributed by atoms with van der Waals surface area (Å²) in [5.41, 5.74) is 1.12. The maximum absolute atomic E-state index is 9.65. The van der Waals surface area contributed by atoms with Gasteiger partial charge >= 0.3 is 0 Å². The van der Waals surface area contributed by atoms with E-state index >= 15 is 0 Å². The summed E-state index contributed by atoms with van der Waals surface area (Å²) in [5, 5.41) is 16.3. The van der Waals surface area contributed by atoms with Gasteiger partial charge in [0.1, 0.15) is 0 Å². The van der Waals surface area contributed by atoms with Crippen LogP contribution in [0.15, 0.2) is 70.6 Å². The lowest BCUT2D eigenvalue weighted by atomic mass is 10.0. The van der Waals surface area contributed by atoms with Crippen LogP contribution in [0.25, 0.3) is 0 Å². The smallest absolute Gasteiger partial charge is 0.191 e. The van der Waals surface area contributed by atoms with Gasteiger partial charge in [0.2, 0.25) is 0 Å². The van der Waals surface area contributed by atoms with Gasteiger partial charge in [0.05, 0.1) is 13.2 Å². The van der Waals surface area contributed by atoms with E-state index in [0.29, 0.717) is 6.54 Å². The average molecular weight is 358 g/mol. The molecule has 0 bridgehead atoms. The van der Waals surface area contributed by atoms with Gasteiger partial charge in [-0.3, -0.25) is 4.99 Å². The Morgan fingerprint density at radius 1 is 1.04 bits per heavy atom. The highest BCUT2D eigenvalue weighted by Crippen LogP contribution is 2.16. The van der Waals surface area contributed by atoms with Crippen molar-refractivity contribution in [2.24, 2.45) is 4.99 Å². The van der Waals surface area contributed by atoms with Crippen LogP contribution in [0.2, 0.25) is 0 Å². The summed E-state index contributed by atoms with van der Waals surface area (Å²) in [5.74, 6) is 1.79. The standard InChI is InChI=1S/C20H27N3OS/c1-2-21-20(22-13-14-25-19-11-7-4-8-12-19)23-15-18(16-24)17-9-5-3-6-10-17/h3-12,18,24H,2,13-16H2,1H3,(H2,21,22,23). The molecule has 1 atom stereocenters. The molecule has 0 saturated heterocycles. The summed E-state index contributed by atoms with van der Waals surface area (Å²) in [7, 11) is 0. The van der Waals surface area contributed by atoms with Crippen molar-refractivity contribution >= 4 is 17.7 Å². The first-order valence-electron chi connectivity index (χ1n) is 8.69. The summed E-state index contributed by atoms with van der Waals surface area (Å²) in [6, 6.07) is 20.4. The van der Waals surface area contributed by atoms with Crippen molar-refractivity contribution in [3.8, 4) is 0 Å². The molecule has 1 unspecified atom stereocenters. The second kappa shape index (κ2) is 11.6. The third kappa shape index (κ3) is 7.20. The molecule has 134 valence electrons. The molecular weight excluding hydrogens is 330 g/mol. The number of aliphatic imine (C=N–C) groups is 1. The number of nitrogens with one attached hydrogen (secondary N) is 2. The predicted molar refractivity (Wildman–Crippen MR) is 107 cm³/mol. The van der Waals surface area contributed by atoms with Crippen LogP contribution in [-0.4, -0.2) is 43.1 Å². The average Bonchev–Trinajstić information content (AvgIpc) is 2.67. The number of aliphatic hydroxyl groups is 1. The molecule has 0 radical (unpaired) electrons. The van der Waals surface area contributed by atoms with Gasteiger partial charge in [-0.2, -0.15) is 0 Å². The second-order valence-electron chi connectivity index (χ2n) is 5.60. The van der Waals surface area contributed by atoms with Crippen molar-refractivity contribution in [3.63, 3.8) is 0 Å². The molecule has 0 aliphatic rings. The molecule has 0 spiro atoms. The molecule has 4 nitrogen and oxygen atoms in total. The van der Waals surface area contributed by atoms with Gasteiger partial charge in [-0.15, -0.1) is 11.8 Å². The minimum Gasteiger partial charge on any atom is -0.396 e. The van der Waals surface area contributed by atoms with E-state index < -0.39 is 0 Å². The Kier molecular flexibility index (Phi) is 8.94. The Bertz CT molecular complexity index is 619. The zero-order chi connectivity index (χ0) is 17.7. The molecule has 2 rings (SSSR count). The largest absolute Gasteiger partial charge is 0.396 e. The molecule has 0 heterocycles. The minimum absolute atomic E-state index is 0.0235. The summed E-state index contributed by atoms with van der Waals surface area (Å²) in [6.07, 6.45) is 0. The topological polar surface area (TPSA) is 56.7 Å². The van der Waals surface area contributed by atoms with E-state index in [0.717, 1.165) is 30.4 Å². The molecule has 0 fully saturated rings. The fourth-order valence-corrected chi connectivity index (χ4v) is 3.18. The number of guanidine groups is 1. The summed E-state index contributed by atoms with van der Waals surface area (Å²) >= 11 is 1.82. The van der Waals surface area contributed by atoms with Crippen molar-refractivity contribution in [2.75, 3.05) is 32.0 Å². The lowest BCUT2D eigenvalue weighted by Crippen LogP contribution is -2.38. The Balaban J connectivity index is 1.82. The summed E-state index contributed by atoms with van der Waals surface area (Å²) in [4.78, 5) is 5.90. The second-order valence-corrected chi connectivity index (χ2v) is 6.77. The number of aliphatic hydroxyl groups excluding tert-OH is 1. The monoisotopic (exact) mass is 357 g/mol. The van der Waals surface area contributed by atoms with Gasteiger partial charge < -0.3 is 15.7 Å². The fourth-order valence-electron chi connectivity index (χ4n) is 2.39. The Morgan fingerprint density at radius 2 is 1.72 bits per heavy atom. The number of benzene rings is 2. The molecular formula is C20H27N3OS. The molecule has 0 amide bonds. The van der Waals surface area contributed by atoms with Crippen LogP contribution >= 0.6 is 11.8 Å². The van der Waals surface area contributed by atoms with Crippen molar-refractivity contribution in [3.05, 3.63) is 66.2 Å². The zero-order valence-electron chi connectivity index (χ0n) is 14.7. The Morgan fingerprint density at radius 3 is 2.36 bits per heavy atom. The molecule has 0 aliphatic carbocycles. The van der Waals surface area contributed by atoms with Crippen LogP contribution in [0.3, 0.4) is 0 Å². The normalized spacial score (nSPS) is 12.6. The van der Waals surface area contributed by atoms with Crippen molar-refractivity contribution in [2.45, 2.75) is 17.7 Å². The number of thioether (sulfide) groups is 1. The van der Waals surface area contributed by atoms with Gasteiger partial charge in [-0.1, -0.05) is 48.5 Å². The van der Waals surface area contributed by atoms with Crippen LogP contribution in [0.5, 0.6) is 0 Å². The molecule has 2 aromatic rings. The highest BCUT2D eigenvalue weighted by Gasteiger charge is 2.09. The first-order valence-corrected chi connectivity index (χ1v) is 9.68. The highest BCUT2D eigenvalue weighted by atomic mass is 32.2.